The monoisotopic (exact) mass is 616 g/mol. The molecule has 0 bridgehead atoms. The van der Waals surface area contributed by atoms with Crippen molar-refractivity contribution in [2.75, 3.05) is 60.8 Å². The summed E-state index contributed by atoms with van der Waals surface area (Å²) in [5.74, 6) is -0.719. The quantitative estimate of drug-likeness (QED) is 0.0746. The second-order valence-electron chi connectivity index (χ2n) is 9.80. The standard InChI is InChI=1S/C30H38N3O9P/c1-22-27(29(34)40-15-14-31(3)21-24-10-7-6-8-11-24)30(41-18-16-38-4,25-12-9-13-26(20-25)33(35)36)28(43-37)23(2)32(22)42-19-17-39-5/h6-13,20H,14-19,21H2,1-5H3/p+1. The molecule has 1 heterocycles. The van der Waals surface area contributed by atoms with Crippen LogP contribution in [0, 0.1) is 10.1 Å². The lowest BCUT2D eigenvalue weighted by atomic mass is 9.78. The van der Waals surface area contributed by atoms with E-state index in [9.17, 15) is 19.8 Å². The van der Waals surface area contributed by atoms with Gasteiger partial charge in [0.05, 0.1) is 33.2 Å². The first-order valence-corrected chi connectivity index (χ1v) is 14.5. The van der Waals surface area contributed by atoms with E-state index >= 15 is 0 Å². The summed E-state index contributed by atoms with van der Waals surface area (Å²) in [5.41, 5.74) is 0.254. The van der Waals surface area contributed by atoms with Crippen LogP contribution in [0.3, 0.4) is 0 Å². The summed E-state index contributed by atoms with van der Waals surface area (Å²) < 4.78 is 24.0. The highest BCUT2D eigenvalue weighted by Crippen LogP contribution is 2.43. The number of hydroxylamine groups is 1. The molecule has 12 nitrogen and oxygen atoms in total. The van der Waals surface area contributed by atoms with Gasteiger partial charge in [0.1, 0.15) is 17.5 Å². The lowest BCUT2D eigenvalue weighted by Crippen LogP contribution is -2.52. The molecule has 1 unspecified atom stereocenters. The van der Waals surface area contributed by atoms with Gasteiger partial charge in [0.15, 0.2) is 12.2 Å². The van der Waals surface area contributed by atoms with Crippen molar-refractivity contribution in [2.45, 2.75) is 26.0 Å². The maximum Gasteiger partial charge on any atom is 0.344 e. The number of carbonyl (C=O) groups is 1. The van der Waals surface area contributed by atoms with Gasteiger partial charge in [-0.2, -0.15) is 0 Å². The fraction of sp³-hybridized carbons (Fsp3) is 0.433. The third-order valence-corrected chi connectivity index (χ3v) is 7.72. The molecule has 0 fully saturated rings. The molecule has 0 aliphatic carbocycles. The smallest absolute Gasteiger partial charge is 0.344 e. The zero-order chi connectivity index (χ0) is 31.4. The van der Waals surface area contributed by atoms with Crippen molar-refractivity contribution in [1.29, 1.82) is 0 Å². The minimum Gasteiger partial charge on any atom is -0.461 e. The van der Waals surface area contributed by atoms with E-state index < -0.39 is 16.5 Å². The largest absolute Gasteiger partial charge is 0.461 e. The zero-order valence-corrected chi connectivity index (χ0v) is 26.0. The van der Waals surface area contributed by atoms with E-state index in [4.69, 9.17) is 23.8 Å². The summed E-state index contributed by atoms with van der Waals surface area (Å²) in [5, 5.41) is 12.0. The number of non-ortho nitro benzene ring substituents is 1. The Hall–Kier alpha value is -3.51. The molecule has 0 amide bonds. The Morgan fingerprint density at radius 3 is 2.37 bits per heavy atom. The number of likely N-dealkylation sites (N-methyl/N-ethyl adjacent to an activating group) is 1. The number of esters is 1. The highest BCUT2D eigenvalue weighted by atomic mass is 31.1. The molecule has 232 valence electrons. The van der Waals surface area contributed by atoms with Gasteiger partial charge < -0.3 is 23.8 Å². The summed E-state index contributed by atoms with van der Waals surface area (Å²) in [6, 6.07) is 15.7. The molecule has 1 aliphatic heterocycles. The van der Waals surface area contributed by atoms with Crippen molar-refractivity contribution in [2.24, 2.45) is 0 Å². The fourth-order valence-electron chi connectivity index (χ4n) is 4.88. The average Bonchev–Trinajstić information content (AvgIpc) is 2.99. The summed E-state index contributed by atoms with van der Waals surface area (Å²) in [6.45, 7) is 5.13. The minimum atomic E-state index is -1.75. The van der Waals surface area contributed by atoms with Gasteiger partial charge in [0.2, 0.25) is 11.4 Å². The van der Waals surface area contributed by atoms with Crippen LogP contribution in [0.2, 0.25) is 0 Å². The van der Waals surface area contributed by atoms with E-state index in [0.29, 0.717) is 24.5 Å². The van der Waals surface area contributed by atoms with Gasteiger partial charge in [0.25, 0.3) is 5.69 Å². The molecule has 13 heteroatoms. The molecular weight excluding hydrogens is 577 g/mol. The van der Waals surface area contributed by atoms with Gasteiger partial charge in [-0.3, -0.25) is 19.9 Å². The molecule has 0 radical (unpaired) electrons. The van der Waals surface area contributed by atoms with Gasteiger partial charge in [-0.15, -0.1) is 0 Å². The Morgan fingerprint density at radius 1 is 1.02 bits per heavy atom. The molecule has 1 N–H and O–H groups in total. The molecule has 1 atom stereocenters. The lowest BCUT2D eigenvalue weighted by Gasteiger charge is -2.37. The van der Waals surface area contributed by atoms with Crippen LogP contribution in [-0.2, 0) is 40.7 Å². The van der Waals surface area contributed by atoms with E-state index in [1.165, 1.54) is 37.2 Å². The number of allylic oxidation sites excluding steroid dienone is 1. The van der Waals surface area contributed by atoms with Crippen LogP contribution in [0.4, 0.5) is 5.69 Å². The SMILES string of the molecule is COCCO[N+]1=C(C)C(=PO)C(OCCOC)(c2cccc([N+](=O)[O-])c2)C(C(=O)OCCN(C)Cc2ccccc2)=C1C. The van der Waals surface area contributed by atoms with E-state index in [2.05, 4.69) is 0 Å². The number of methoxy groups -OCH3 is 2. The Labute approximate surface area is 253 Å². The summed E-state index contributed by atoms with van der Waals surface area (Å²) >= 11 is 0. The van der Waals surface area contributed by atoms with E-state index in [-0.39, 0.29) is 63.6 Å². The van der Waals surface area contributed by atoms with Crippen LogP contribution < -0.4 is 0 Å². The number of nitro groups is 1. The Bertz CT molecular complexity index is 1360. The van der Waals surface area contributed by atoms with Crippen molar-refractivity contribution >= 4 is 31.1 Å². The lowest BCUT2D eigenvalue weighted by molar-refractivity contribution is -0.754. The topological polar surface area (TPSA) is 133 Å². The molecule has 43 heavy (non-hydrogen) atoms. The molecular formula is C30H39N3O9P+. The first kappa shape index (κ1) is 34.0. The molecule has 2 aromatic rings. The van der Waals surface area contributed by atoms with Crippen LogP contribution in [-0.4, -0.2) is 97.3 Å². The summed E-state index contributed by atoms with van der Waals surface area (Å²) in [7, 11) is 4.72. The molecule has 0 saturated carbocycles. The molecule has 1 aliphatic rings. The summed E-state index contributed by atoms with van der Waals surface area (Å²) in [4.78, 5) is 44.0. The van der Waals surface area contributed by atoms with Crippen molar-refractivity contribution in [1.82, 2.24) is 4.90 Å². The van der Waals surface area contributed by atoms with Gasteiger partial charge >= 0.3 is 5.97 Å². The molecule has 0 saturated heterocycles. The molecule has 3 rings (SSSR count). The van der Waals surface area contributed by atoms with Crippen LogP contribution in [0.5, 0.6) is 0 Å². The minimum absolute atomic E-state index is 0.000102. The van der Waals surface area contributed by atoms with Gasteiger partial charge in [-0.05, 0) is 12.6 Å². The van der Waals surface area contributed by atoms with Crippen LogP contribution >= 0.6 is 8.43 Å². The first-order chi connectivity index (χ1) is 20.7. The number of ether oxygens (including phenoxy) is 4. The van der Waals surface area contributed by atoms with E-state index in [0.717, 1.165) is 5.56 Å². The Morgan fingerprint density at radius 2 is 1.72 bits per heavy atom. The van der Waals surface area contributed by atoms with Crippen LogP contribution in [0.1, 0.15) is 25.0 Å². The zero-order valence-electron chi connectivity index (χ0n) is 25.1. The predicted molar refractivity (Wildman–Crippen MR) is 162 cm³/mol. The van der Waals surface area contributed by atoms with Crippen molar-refractivity contribution in [3.05, 3.63) is 87.1 Å². The summed E-state index contributed by atoms with van der Waals surface area (Å²) in [6.07, 6.45) is 0. The fourth-order valence-corrected chi connectivity index (χ4v) is 5.56. The average molecular weight is 617 g/mol. The van der Waals surface area contributed by atoms with Crippen LogP contribution in [0.15, 0.2) is 65.9 Å². The van der Waals surface area contributed by atoms with Gasteiger partial charge in [-0.1, -0.05) is 42.5 Å². The second-order valence-corrected chi connectivity index (χ2v) is 10.5. The number of hydrogen-bond acceptors (Lipinski definition) is 10. The maximum absolute atomic E-state index is 14.1. The highest BCUT2D eigenvalue weighted by molar-refractivity contribution is 7.38. The third kappa shape index (κ3) is 8.11. The number of nitrogens with zero attached hydrogens (tertiary/aromatic N) is 3. The predicted octanol–water partition coefficient (Wildman–Crippen LogP) is 3.49. The number of rotatable bonds is 16. The van der Waals surface area contributed by atoms with Crippen LogP contribution in [0.25, 0.3) is 0 Å². The van der Waals surface area contributed by atoms with Crippen molar-refractivity contribution in [3.8, 4) is 0 Å². The highest BCUT2D eigenvalue weighted by Gasteiger charge is 2.56. The number of hydrogen-bond donors (Lipinski definition) is 1. The molecule has 0 aromatic heterocycles. The van der Waals surface area contributed by atoms with Gasteiger partial charge in [0, 0.05) is 63.6 Å². The number of nitro benzene ring substituents is 1. The molecule has 0 spiro atoms. The maximum atomic E-state index is 14.1. The number of benzene rings is 2. The van der Waals surface area contributed by atoms with E-state index in [1.54, 1.807) is 19.9 Å². The molecule has 2 aromatic carbocycles. The van der Waals surface area contributed by atoms with Crippen molar-refractivity contribution in [3.63, 3.8) is 0 Å². The van der Waals surface area contributed by atoms with E-state index in [1.807, 2.05) is 42.3 Å². The first-order valence-electron chi connectivity index (χ1n) is 13.7. The third-order valence-electron chi connectivity index (χ3n) is 6.88. The Kier molecular flexibility index (Phi) is 12.9. The van der Waals surface area contributed by atoms with Crippen molar-refractivity contribution < 1.29 is 43.1 Å². The number of carbonyl (C=O) groups excluding carboxylic acids is 1. The Balaban J connectivity index is 2.09. The normalized spacial score (nSPS) is 18.0. The second kappa shape index (κ2) is 16.4. The van der Waals surface area contributed by atoms with Gasteiger partial charge in [-0.25, -0.2) is 4.79 Å².